The van der Waals surface area contributed by atoms with Crippen molar-refractivity contribution in [3.63, 3.8) is 0 Å². The van der Waals surface area contributed by atoms with E-state index in [0.717, 1.165) is 5.56 Å². The summed E-state index contributed by atoms with van der Waals surface area (Å²) in [5, 5.41) is 0.303. The van der Waals surface area contributed by atoms with E-state index in [9.17, 15) is 21.6 Å². The minimum absolute atomic E-state index is 0.0393. The summed E-state index contributed by atoms with van der Waals surface area (Å²) in [5.74, 6) is -0.298. The molecule has 0 aliphatic rings. The zero-order valence-corrected chi connectivity index (χ0v) is 24.3. The van der Waals surface area contributed by atoms with Gasteiger partial charge in [0.25, 0.3) is 26.0 Å². The molecule has 0 unspecified atom stereocenters. The number of benzene rings is 3. The van der Waals surface area contributed by atoms with E-state index in [4.69, 9.17) is 11.6 Å². The van der Waals surface area contributed by atoms with Gasteiger partial charge >= 0.3 is 0 Å². The van der Waals surface area contributed by atoms with Gasteiger partial charge in [-0.25, -0.2) is 31.5 Å². The number of rotatable bonds is 8. The highest BCUT2D eigenvalue weighted by Crippen LogP contribution is 2.26. The highest BCUT2D eigenvalue weighted by molar-refractivity contribution is 7.92. The maximum Gasteiger partial charge on any atom is 0.283 e. The molecular formula is C28H24ClN5O5S2. The molecular weight excluding hydrogens is 586 g/mol. The van der Waals surface area contributed by atoms with Crippen LogP contribution < -0.4 is 9.44 Å². The number of halogens is 1. The van der Waals surface area contributed by atoms with E-state index in [1.165, 1.54) is 36.4 Å². The summed E-state index contributed by atoms with van der Waals surface area (Å²) in [6.07, 6.45) is 0. The van der Waals surface area contributed by atoms with Crippen LogP contribution >= 0.6 is 11.6 Å². The second-order valence-corrected chi connectivity index (χ2v) is 13.0. The zero-order valence-electron chi connectivity index (χ0n) is 21.9. The fraction of sp³-hybridized carbons (Fsp3) is 0.107. The number of aromatic nitrogens is 3. The van der Waals surface area contributed by atoms with Gasteiger partial charge in [0.15, 0.2) is 5.65 Å². The number of hydrogen-bond donors (Lipinski definition) is 2. The number of amides is 1. The summed E-state index contributed by atoms with van der Waals surface area (Å²) >= 11 is 6.53. The number of fused-ring (bicyclic) bond motifs is 1. The molecule has 5 rings (SSSR count). The van der Waals surface area contributed by atoms with Gasteiger partial charge in [0, 0.05) is 5.02 Å². The second-order valence-electron chi connectivity index (χ2n) is 9.26. The smallest absolute Gasteiger partial charge is 0.283 e. The summed E-state index contributed by atoms with van der Waals surface area (Å²) < 4.78 is 57.0. The maximum absolute atomic E-state index is 12.9. The van der Waals surface area contributed by atoms with Gasteiger partial charge in [0.2, 0.25) is 0 Å². The number of carbonyl (C=O) groups is 1. The Kier molecular flexibility index (Phi) is 7.56. The zero-order chi connectivity index (χ0) is 29.4. The third-order valence-corrected chi connectivity index (χ3v) is 9.36. The SMILES string of the molecule is Cc1ccc(S(=O)(=O)NC(=O)c2ccc3nc(C)n(Cc4ccc(NS(=O)(=O)c5ccccc5)cc4Cl)c3n2)cc1. The highest BCUT2D eigenvalue weighted by atomic mass is 35.5. The first kappa shape index (κ1) is 28.3. The molecule has 210 valence electrons. The van der Waals surface area contributed by atoms with Crippen molar-refractivity contribution in [3.05, 3.63) is 113 Å². The fourth-order valence-corrected chi connectivity index (χ4v) is 6.38. The second kappa shape index (κ2) is 11.0. The Balaban J connectivity index is 1.39. The number of imidazole rings is 1. The number of hydrogen-bond acceptors (Lipinski definition) is 7. The summed E-state index contributed by atoms with van der Waals surface area (Å²) in [6.45, 7) is 3.81. The molecule has 2 N–H and O–H groups in total. The lowest BCUT2D eigenvalue weighted by Crippen LogP contribution is -2.31. The molecule has 1 amide bonds. The van der Waals surface area contributed by atoms with Crippen molar-refractivity contribution in [2.75, 3.05) is 4.72 Å². The third-order valence-electron chi connectivity index (χ3n) is 6.26. The molecule has 0 spiro atoms. The summed E-state index contributed by atoms with van der Waals surface area (Å²) in [5.41, 5.74) is 2.58. The van der Waals surface area contributed by atoms with Crippen molar-refractivity contribution in [3.8, 4) is 0 Å². The van der Waals surface area contributed by atoms with Crippen LogP contribution in [0.2, 0.25) is 5.02 Å². The minimum Gasteiger partial charge on any atom is -0.308 e. The monoisotopic (exact) mass is 609 g/mol. The summed E-state index contributed by atoms with van der Waals surface area (Å²) in [6, 6.07) is 21.9. The molecule has 0 aliphatic carbocycles. The van der Waals surface area contributed by atoms with Crippen molar-refractivity contribution < 1.29 is 21.6 Å². The van der Waals surface area contributed by atoms with Crippen LogP contribution in [-0.2, 0) is 26.6 Å². The van der Waals surface area contributed by atoms with E-state index in [1.807, 2.05) is 6.92 Å². The first-order chi connectivity index (χ1) is 19.4. The standard InChI is InChI=1S/C28H24ClN5O5S2/c1-18-8-12-23(13-9-18)41(38,39)33-28(35)26-15-14-25-27(31-26)34(19(2)30-25)17-20-10-11-21(16-24(20)29)32-40(36,37)22-6-4-3-5-7-22/h3-16,32H,17H2,1-2H3,(H,33,35). The van der Waals surface area contributed by atoms with Gasteiger partial charge < -0.3 is 4.57 Å². The van der Waals surface area contributed by atoms with Crippen molar-refractivity contribution in [1.82, 2.24) is 19.3 Å². The average molecular weight is 610 g/mol. The Labute approximate surface area is 242 Å². The van der Waals surface area contributed by atoms with Crippen LogP contribution in [0.4, 0.5) is 5.69 Å². The quantitative estimate of drug-likeness (QED) is 0.260. The van der Waals surface area contributed by atoms with E-state index < -0.39 is 26.0 Å². The van der Waals surface area contributed by atoms with Gasteiger partial charge in [-0.3, -0.25) is 9.52 Å². The van der Waals surface area contributed by atoms with Crippen molar-refractivity contribution in [1.29, 1.82) is 0 Å². The normalized spacial score (nSPS) is 11.9. The van der Waals surface area contributed by atoms with Crippen molar-refractivity contribution in [2.24, 2.45) is 0 Å². The van der Waals surface area contributed by atoms with Crippen LogP contribution in [0.1, 0.15) is 27.4 Å². The predicted octanol–water partition coefficient (Wildman–Crippen LogP) is 4.67. The Morgan fingerprint density at radius 2 is 1.51 bits per heavy atom. The van der Waals surface area contributed by atoms with E-state index >= 15 is 0 Å². The minimum atomic E-state index is -4.10. The van der Waals surface area contributed by atoms with Crippen LogP contribution in [0.5, 0.6) is 0 Å². The first-order valence-corrected chi connectivity index (χ1v) is 15.6. The molecule has 0 radical (unpaired) electrons. The molecule has 2 aromatic heterocycles. The van der Waals surface area contributed by atoms with Gasteiger partial charge in [-0.05, 0) is 67.9 Å². The summed E-state index contributed by atoms with van der Waals surface area (Å²) in [7, 11) is -7.89. The lowest BCUT2D eigenvalue weighted by atomic mass is 10.2. The largest absolute Gasteiger partial charge is 0.308 e. The fourth-order valence-electron chi connectivity index (χ4n) is 4.10. The van der Waals surface area contributed by atoms with Gasteiger partial charge in [-0.2, -0.15) is 0 Å². The van der Waals surface area contributed by atoms with Crippen molar-refractivity contribution in [2.45, 2.75) is 30.2 Å². The molecule has 0 fully saturated rings. The molecule has 0 aliphatic heterocycles. The van der Waals surface area contributed by atoms with Gasteiger partial charge in [-0.15, -0.1) is 0 Å². The van der Waals surface area contributed by atoms with E-state index in [0.29, 0.717) is 33.3 Å². The van der Waals surface area contributed by atoms with Crippen LogP contribution in [0.3, 0.4) is 0 Å². The molecule has 2 heterocycles. The highest BCUT2D eigenvalue weighted by Gasteiger charge is 2.21. The summed E-state index contributed by atoms with van der Waals surface area (Å²) in [4.78, 5) is 21.8. The lowest BCUT2D eigenvalue weighted by Gasteiger charge is -2.12. The lowest BCUT2D eigenvalue weighted by molar-refractivity contribution is 0.0977. The van der Waals surface area contributed by atoms with E-state index in [1.54, 1.807) is 60.0 Å². The van der Waals surface area contributed by atoms with Crippen molar-refractivity contribution >= 4 is 54.4 Å². The third kappa shape index (κ3) is 6.09. The average Bonchev–Trinajstić information content (AvgIpc) is 3.24. The first-order valence-electron chi connectivity index (χ1n) is 12.3. The molecule has 0 saturated carbocycles. The topological polar surface area (TPSA) is 140 Å². The Morgan fingerprint density at radius 3 is 2.20 bits per heavy atom. The van der Waals surface area contributed by atoms with Crippen LogP contribution in [0, 0.1) is 13.8 Å². The molecule has 41 heavy (non-hydrogen) atoms. The number of carbonyl (C=O) groups excluding carboxylic acids is 1. The Morgan fingerprint density at radius 1 is 0.829 bits per heavy atom. The number of anilines is 1. The Bertz CT molecular complexity index is 1990. The molecule has 10 nitrogen and oxygen atoms in total. The van der Waals surface area contributed by atoms with E-state index in [-0.39, 0.29) is 22.0 Å². The molecule has 5 aromatic rings. The number of aryl methyl sites for hydroxylation is 2. The van der Waals surface area contributed by atoms with Crippen LogP contribution in [0.15, 0.2) is 94.7 Å². The van der Waals surface area contributed by atoms with Crippen LogP contribution in [-0.4, -0.2) is 37.3 Å². The van der Waals surface area contributed by atoms with Gasteiger partial charge in [-0.1, -0.05) is 53.6 Å². The number of nitrogens with zero attached hydrogens (tertiary/aromatic N) is 3. The number of pyridine rings is 1. The van der Waals surface area contributed by atoms with Crippen LogP contribution in [0.25, 0.3) is 11.2 Å². The molecule has 0 bridgehead atoms. The predicted molar refractivity (Wildman–Crippen MR) is 156 cm³/mol. The maximum atomic E-state index is 12.9. The molecule has 13 heteroatoms. The van der Waals surface area contributed by atoms with E-state index in [2.05, 4.69) is 19.4 Å². The molecule has 0 atom stereocenters. The van der Waals surface area contributed by atoms with Gasteiger partial charge in [0.1, 0.15) is 17.0 Å². The Hall–Kier alpha value is -4.26. The molecule has 3 aromatic carbocycles. The van der Waals surface area contributed by atoms with Gasteiger partial charge in [0.05, 0.1) is 22.0 Å². The number of sulfonamides is 2. The molecule has 0 saturated heterocycles. The number of nitrogens with one attached hydrogen (secondary N) is 2.